The van der Waals surface area contributed by atoms with Crippen LogP contribution in [0.4, 0.5) is 0 Å². The van der Waals surface area contributed by atoms with Crippen molar-refractivity contribution < 1.29 is 0 Å². The van der Waals surface area contributed by atoms with Crippen LogP contribution in [0.15, 0.2) is 21.8 Å². The molecule has 0 amide bonds. The number of guanidine groups is 1. The van der Waals surface area contributed by atoms with E-state index in [-0.39, 0.29) is 6.04 Å². The fourth-order valence-electron chi connectivity index (χ4n) is 1.10. The number of rotatable bonds is 3. The summed E-state index contributed by atoms with van der Waals surface area (Å²) in [7, 11) is 1.96. The molecule has 0 saturated heterocycles. The smallest absolute Gasteiger partial charge is 0.191 e. The van der Waals surface area contributed by atoms with E-state index in [1.807, 2.05) is 25.8 Å². The Morgan fingerprint density at radius 1 is 1.64 bits per heavy atom. The second-order valence-electron chi connectivity index (χ2n) is 3.57. The van der Waals surface area contributed by atoms with Crippen LogP contribution in [-0.2, 0) is 6.54 Å². The molecule has 78 valence electrons. The predicted molar refractivity (Wildman–Crippen MR) is 62.5 cm³/mol. The van der Waals surface area contributed by atoms with Gasteiger partial charge >= 0.3 is 0 Å². The van der Waals surface area contributed by atoms with Gasteiger partial charge in [0, 0.05) is 19.6 Å². The van der Waals surface area contributed by atoms with Crippen molar-refractivity contribution in [2.75, 3.05) is 7.05 Å². The Bertz CT molecular complexity index is 290. The lowest BCUT2D eigenvalue weighted by molar-refractivity contribution is 0.490. The van der Waals surface area contributed by atoms with Crippen LogP contribution in [0.1, 0.15) is 19.4 Å². The number of hydrogen-bond donors (Lipinski definition) is 1. The van der Waals surface area contributed by atoms with Crippen molar-refractivity contribution >= 4 is 17.3 Å². The van der Waals surface area contributed by atoms with Gasteiger partial charge in [0.1, 0.15) is 0 Å². The first kappa shape index (κ1) is 11.0. The minimum atomic E-state index is 0.250. The summed E-state index contributed by atoms with van der Waals surface area (Å²) >= 11 is 1.70. The zero-order valence-electron chi connectivity index (χ0n) is 8.90. The number of thiophene rings is 1. The molecule has 2 N–H and O–H groups in total. The van der Waals surface area contributed by atoms with E-state index < -0.39 is 0 Å². The summed E-state index contributed by atoms with van der Waals surface area (Å²) in [5.41, 5.74) is 7.09. The summed E-state index contributed by atoms with van der Waals surface area (Å²) in [6.07, 6.45) is 0. The molecule has 0 aliphatic rings. The fraction of sp³-hybridized carbons (Fsp3) is 0.500. The maximum Gasteiger partial charge on any atom is 0.191 e. The molecule has 0 spiro atoms. The highest BCUT2D eigenvalue weighted by Gasteiger charge is 2.03. The van der Waals surface area contributed by atoms with E-state index >= 15 is 0 Å². The van der Waals surface area contributed by atoms with Gasteiger partial charge in [-0.2, -0.15) is 11.3 Å². The Labute approximate surface area is 89.3 Å². The monoisotopic (exact) mass is 211 g/mol. The summed E-state index contributed by atoms with van der Waals surface area (Å²) in [6, 6.07) is 2.35. The van der Waals surface area contributed by atoms with E-state index in [2.05, 4.69) is 21.8 Å². The van der Waals surface area contributed by atoms with Crippen LogP contribution in [0.5, 0.6) is 0 Å². The average Bonchev–Trinajstić information content (AvgIpc) is 2.55. The van der Waals surface area contributed by atoms with Gasteiger partial charge in [-0.1, -0.05) is 0 Å². The minimum Gasteiger partial charge on any atom is -0.370 e. The third kappa shape index (κ3) is 3.38. The second kappa shape index (κ2) is 5.00. The first-order valence-corrected chi connectivity index (χ1v) is 5.59. The van der Waals surface area contributed by atoms with E-state index in [1.165, 1.54) is 5.56 Å². The van der Waals surface area contributed by atoms with Crippen molar-refractivity contribution in [1.82, 2.24) is 4.90 Å². The largest absolute Gasteiger partial charge is 0.370 e. The van der Waals surface area contributed by atoms with Crippen molar-refractivity contribution in [3.05, 3.63) is 22.4 Å². The SMILES string of the molecule is CC(C)N=C(N)N(C)Cc1ccsc1. The molecule has 0 unspecified atom stereocenters. The van der Waals surface area contributed by atoms with Crippen LogP contribution in [0, 0.1) is 0 Å². The van der Waals surface area contributed by atoms with Crippen LogP contribution in [-0.4, -0.2) is 23.9 Å². The molecule has 4 heteroatoms. The first-order valence-electron chi connectivity index (χ1n) is 4.65. The molecule has 0 aliphatic carbocycles. The maximum atomic E-state index is 5.81. The summed E-state index contributed by atoms with van der Waals surface area (Å²) < 4.78 is 0. The molecule has 1 heterocycles. The molecule has 0 fully saturated rings. The standard InChI is InChI=1S/C10H17N3S/c1-8(2)12-10(11)13(3)6-9-4-5-14-7-9/h4-5,7-8H,6H2,1-3H3,(H2,11,12). The van der Waals surface area contributed by atoms with E-state index in [9.17, 15) is 0 Å². The van der Waals surface area contributed by atoms with Crippen LogP contribution >= 0.6 is 11.3 Å². The summed E-state index contributed by atoms with van der Waals surface area (Å²) in [5, 5.41) is 4.19. The lowest BCUT2D eigenvalue weighted by atomic mass is 10.3. The highest BCUT2D eigenvalue weighted by molar-refractivity contribution is 7.07. The van der Waals surface area contributed by atoms with Gasteiger partial charge in [0.25, 0.3) is 0 Å². The highest BCUT2D eigenvalue weighted by atomic mass is 32.1. The quantitative estimate of drug-likeness (QED) is 0.613. The van der Waals surface area contributed by atoms with Gasteiger partial charge in [0.15, 0.2) is 5.96 Å². The van der Waals surface area contributed by atoms with E-state index in [0.29, 0.717) is 5.96 Å². The Morgan fingerprint density at radius 3 is 2.86 bits per heavy atom. The van der Waals surface area contributed by atoms with Gasteiger partial charge in [-0.3, -0.25) is 4.99 Å². The minimum absolute atomic E-state index is 0.250. The first-order chi connectivity index (χ1) is 6.59. The van der Waals surface area contributed by atoms with Crippen LogP contribution < -0.4 is 5.73 Å². The van der Waals surface area contributed by atoms with Crippen molar-refractivity contribution in [3.8, 4) is 0 Å². The van der Waals surface area contributed by atoms with Gasteiger partial charge in [-0.15, -0.1) is 0 Å². The van der Waals surface area contributed by atoms with E-state index in [0.717, 1.165) is 6.54 Å². The van der Waals surface area contributed by atoms with Crippen LogP contribution in [0.25, 0.3) is 0 Å². The molecule has 1 aromatic rings. The summed E-state index contributed by atoms with van der Waals surface area (Å²) in [6.45, 7) is 4.86. The maximum absolute atomic E-state index is 5.81. The molecular weight excluding hydrogens is 194 g/mol. The molecule has 0 saturated carbocycles. The average molecular weight is 211 g/mol. The molecule has 0 bridgehead atoms. The molecule has 1 rings (SSSR count). The Kier molecular flexibility index (Phi) is 3.95. The van der Waals surface area contributed by atoms with Crippen LogP contribution in [0.2, 0.25) is 0 Å². The van der Waals surface area contributed by atoms with Gasteiger partial charge in [-0.25, -0.2) is 0 Å². The third-order valence-electron chi connectivity index (χ3n) is 1.78. The van der Waals surface area contributed by atoms with E-state index in [4.69, 9.17) is 5.73 Å². The van der Waals surface area contributed by atoms with Crippen molar-refractivity contribution in [1.29, 1.82) is 0 Å². The van der Waals surface area contributed by atoms with Gasteiger partial charge in [0.2, 0.25) is 0 Å². The third-order valence-corrected chi connectivity index (χ3v) is 2.51. The van der Waals surface area contributed by atoms with Gasteiger partial charge in [-0.05, 0) is 36.2 Å². The molecule has 0 atom stereocenters. The topological polar surface area (TPSA) is 41.6 Å². The van der Waals surface area contributed by atoms with E-state index in [1.54, 1.807) is 11.3 Å². The second-order valence-corrected chi connectivity index (χ2v) is 4.35. The van der Waals surface area contributed by atoms with Gasteiger partial charge < -0.3 is 10.6 Å². The molecule has 0 radical (unpaired) electrons. The molecule has 14 heavy (non-hydrogen) atoms. The lowest BCUT2D eigenvalue weighted by Gasteiger charge is -2.17. The number of hydrogen-bond acceptors (Lipinski definition) is 2. The zero-order valence-corrected chi connectivity index (χ0v) is 9.71. The molecular formula is C10H17N3S. The van der Waals surface area contributed by atoms with Crippen molar-refractivity contribution in [2.24, 2.45) is 10.7 Å². The summed E-state index contributed by atoms with van der Waals surface area (Å²) in [5.74, 6) is 0.603. The predicted octanol–water partition coefficient (Wildman–Crippen LogP) is 1.90. The molecule has 3 nitrogen and oxygen atoms in total. The molecule has 0 aliphatic heterocycles. The number of nitrogens with zero attached hydrogens (tertiary/aromatic N) is 2. The van der Waals surface area contributed by atoms with Gasteiger partial charge in [0.05, 0.1) is 0 Å². The summed E-state index contributed by atoms with van der Waals surface area (Å²) in [4.78, 5) is 6.24. The number of nitrogens with two attached hydrogens (primary N) is 1. The normalized spacial score (nSPS) is 12.1. The van der Waals surface area contributed by atoms with Crippen molar-refractivity contribution in [2.45, 2.75) is 26.4 Å². The number of aliphatic imine (C=N–C) groups is 1. The highest BCUT2D eigenvalue weighted by Crippen LogP contribution is 2.08. The Balaban J connectivity index is 2.54. The fourth-order valence-corrected chi connectivity index (χ4v) is 1.76. The Hall–Kier alpha value is -1.03. The molecule has 0 aromatic carbocycles. The molecule has 1 aromatic heterocycles. The zero-order chi connectivity index (χ0) is 10.6. The lowest BCUT2D eigenvalue weighted by Crippen LogP contribution is -2.34. The van der Waals surface area contributed by atoms with Crippen molar-refractivity contribution in [3.63, 3.8) is 0 Å². The van der Waals surface area contributed by atoms with Crippen LogP contribution in [0.3, 0.4) is 0 Å². The Morgan fingerprint density at radius 2 is 2.36 bits per heavy atom.